The topological polar surface area (TPSA) is 61.4 Å². The molecule has 0 saturated heterocycles. The lowest BCUT2D eigenvalue weighted by molar-refractivity contribution is -0.120. The summed E-state index contributed by atoms with van der Waals surface area (Å²) < 4.78 is 0. The number of amides is 2. The Morgan fingerprint density at radius 3 is 2.15 bits per heavy atom. The molecular weight excluding hydrogens is 338 g/mol. The van der Waals surface area contributed by atoms with Crippen LogP contribution >= 0.6 is 0 Å². The highest BCUT2D eigenvalue weighted by Crippen LogP contribution is 2.17. The van der Waals surface area contributed by atoms with E-state index in [4.69, 9.17) is 0 Å². The van der Waals surface area contributed by atoms with Crippen molar-refractivity contribution in [1.82, 2.24) is 10.6 Å². The molecule has 0 heterocycles. The fraction of sp³-hybridized carbons (Fsp3) is 0.364. The first-order valence-corrected chi connectivity index (χ1v) is 9.46. The van der Waals surface area contributed by atoms with E-state index in [-0.39, 0.29) is 11.8 Å². The Labute approximate surface area is 161 Å². The van der Waals surface area contributed by atoms with E-state index >= 15 is 0 Å². The lowest BCUT2D eigenvalue weighted by Crippen LogP contribution is -2.35. The van der Waals surface area contributed by atoms with Gasteiger partial charge in [-0.15, -0.1) is 0 Å². The van der Waals surface area contributed by atoms with Gasteiger partial charge in [-0.1, -0.05) is 30.3 Å². The van der Waals surface area contributed by atoms with Crippen LogP contribution in [0.4, 0.5) is 5.69 Å². The van der Waals surface area contributed by atoms with E-state index < -0.39 is 0 Å². The molecule has 0 unspecified atom stereocenters. The lowest BCUT2D eigenvalue weighted by atomic mass is 10.1. The zero-order valence-electron chi connectivity index (χ0n) is 16.4. The minimum absolute atomic E-state index is 0.0480. The summed E-state index contributed by atoms with van der Waals surface area (Å²) in [6.07, 6.45) is 0.347. The summed E-state index contributed by atoms with van der Waals surface area (Å²) in [7, 11) is 0. The molecule has 0 atom stereocenters. The molecule has 0 aliphatic carbocycles. The van der Waals surface area contributed by atoms with Crippen molar-refractivity contribution in [3.8, 4) is 0 Å². The van der Waals surface area contributed by atoms with E-state index in [1.54, 1.807) is 0 Å². The average Bonchev–Trinajstić information content (AvgIpc) is 2.66. The smallest absolute Gasteiger partial charge is 0.251 e. The van der Waals surface area contributed by atoms with Gasteiger partial charge >= 0.3 is 0 Å². The number of nitrogens with zero attached hydrogens (tertiary/aromatic N) is 1. The maximum Gasteiger partial charge on any atom is 0.251 e. The number of anilines is 1. The third-order valence-electron chi connectivity index (χ3n) is 4.37. The van der Waals surface area contributed by atoms with Gasteiger partial charge in [-0.3, -0.25) is 9.59 Å². The summed E-state index contributed by atoms with van der Waals surface area (Å²) in [6.45, 7) is 8.14. The van der Waals surface area contributed by atoms with Crippen molar-refractivity contribution in [2.45, 2.75) is 33.2 Å². The van der Waals surface area contributed by atoms with Crippen LogP contribution in [0.5, 0.6) is 0 Å². The fourth-order valence-corrected chi connectivity index (χ4v) is 2.97. The van der Waals surface area contributed by atoms with Gasteiger partial charge < -0.3 is 15.5 Å². The van der Waals surface area contributed by atoms with Gasteiger partial charge in [-0.05, 0) is 50.6 Å². The van der Waals surface area contributed by atoms with Gasteiger partial charge in [0.1, 0.15) is 0 Å². The van der Waals surface area contributed by atoms with E-state index in [1.165, 1.54) is 0 Å². The van der Waals surface area contributed by atoms with Crippen LogP contribution in [-0.4, -0.2) is 37.5 Å². The molecule has 2 aromatic carbocycles. The van der Waals surface area contributed by atoms with Crippen LogP contribution in [0.25, 0.3) is 0 Å². The predicted molar refractivity (Wildman–Crippen MR) is 110 cm³/mol. The number of carbonyl (C=O) groups excluding carboxylic acids is 2. The summed E-state index contributed by atoms with van der Waals surface area (Å²) in [6, 6.07) is 17.6. The molecule has 2 rings (SSSR count). The quantitative estimate of drug-likeness (QED) is 0.670. The van der Waals surface area contributed by atoms with Crippen LogP contribution in [-0.2, 0) is 11.2 Å². The first-order chi connectivity index (χ1) is 13.0. The van der Waals surface area contributed by atoms with E-state index in [9.17, 15) is 9.59 Å². The second-order valence-electron chi connectivity index (χ2n) is 6.69. The van der Waals surface area contributed by atoms with Gasteiger partial charge in [0.25, 0.3) is 5.91 Å². The molecule has 0 aliphatic rings. The van der Waals surface area contributed by atoms with Crippen molar-refractivity contribution in [2.75, 3.05) is 24.5 Å². The zero-order valence-corrected chi connectivity index (χ0v) is 16.4. The third kappa shape index (κ3) is 6.44. The highest BCUT2D eigenvalue weighted by molar-refractivity contribution is 5.94. The molecule has 0 aliphatic heterocycles. The van der Waals surface area contributed by atoms with Gasteiger partial charge in [0.2, 0.25) is 5.91 Å². The zero-order chi connectivity index (χ0) is 19.6. The van der Waals surface area contributed by atoms with Crippen molar-refractivity contribution in [3.63, 3.8) is 0 Å². The number of carbonyl (C=O) groups is 2. The lowest BCUT2D eigenvalue weighted by Gasteiger charge is -2.27. The molecule has 0 radical (unpaired) electrons. The van der Waals surface area contributed by atoms with Crippen LogP contribution in [0.3, 0.4) is 0 Å². The monoisotopic (exact) mass is 367 g/mol. The van der Waals surface area contributed by atoms with E-state index in [0.717, 1.165) is 17.8 Å². The van der Waals surface area contributed by atoms with Gasteiger partial charge in [-0.2, -0.15) is 0 Å². The van der Waals surface area contributed by atoms with E-state index in [2.05, 4.69) is 36.3 Å². The van der Waals surface area contributed by atoms with Gasteiger partial charge in [0, 0.05) is 36.9 Å². The molecule has 0 aromatic heterocycles. The maximum absolute atomic E-state index is 12.2. The summed E-state index contributed by atoms with van der Waals surface area (Å²) in [5, 5.41) is 5.66. The Kier molecular flexibility index (Phi) is 7.86. The molecule has 2 amide bonds. The summed E-state index contributed by atoms with van der Waals surface area (Å²) >= 11 is 0. The molecular formula is C22H29N3O2. The molecule has 2 aromatic rings. The second-order valence-corrected chi connectivity index (χ2v) is 6.69. The molecule has 27 heavy (non-hydrogen) atoms. The first-order valence-electron chi connectivity index (χ1n) is 9.46. The van der Waals surface area contributed by atoms with Crippen LogP contribution < -0.4 is 15.5 Å². The van der Waals surface area contributed by atoms with Crippen LogP contribution in [0, 0.1) is 0 Å². The molecule has 0 bridgehead atoms. The molecule has 0 saturated carbocycles. The van der Waals surface area contributed by atoms with Gasteiger partial charge in [0.15, 0.2) is 0 Å². The fourth-order valence-electron chi connectivity index (χ4n) is 2.97. The van der Waals surface area contributed by atoms with E-state index in [1.807, 2.05) is 54.6 Å². The molecule has 144 valence electrons. The number of hydrogen-bond acceptors (Lipinski definition) is 3. The van der Waals surface area contributed by atoms with Crippen LogP contribution in [0.1, 0.15) is 36.7 Å². The van der Waals surface area contributed by atoms with Crippen molar-refractivity contribution in [1.29, 1.82) is 0 Å². The second kappa shape index (κ2) is 10.4. The highest BCUT2D eigenvalue weighted by atomic mass is 16.2. The third-order valence-corrected chi connectivity index (χ3v) is 4.37. The maximum atomic E-state index is 12.2. The van der Waals surface area contributed by atoms with Crippen molar-refractivity contribution in [2.24, 2.45) is 0 Å². The molecule has 5 nitrogen and oxygen atoms in total. The Morgan fingerprint density at radius 2 is 1.56 bits per heavy atom. The molecule has 0 fully saturated rings. The first kappa shape index (κ1) is 20.5. The standard InChI is InChI=1S/C22H29N3O2/c1-4-25(17(2)3)20-12-10-19(11-13-20)22(27)24-15-14-23-21(26)16-18-8-6-5-7-9-18/h5-13,17H,4,14-16H2,1-3H3,(H,23,26)(H,24,27). The minimum Gasteiger partial charge on any atom is -0.369 e. The Bertz CT molecular complexity index is 727. The number of rotatable bonds is 9. The Morgan fingerprint density at radius 1 is 0.926 bits per heavy atom. The molecule has 0 spiro atoms. The summed E-state index contributed by atoms with van der Waals surface area (Å²) in [5.74, 6) is -0.181. The highest BCUT2D eigenvalue weighted by Gasteiger charge is 2.10. The Hall–Kier alpha value is -2.82. The summed E-state index contributed by atoms with van der Waals surface area (Å²) in [4.78, 5) is 26.4. The van der Waals surface area contributed by atoms with Crippen molar-refractivity contribution >= 4 is 17.5 Å². The normalized spacial score (nSPS) is 10.5. The SMILES string of the molecule is CCN(c1ccc(C(=O)NCCNC(=O)Cc2ccccc2)cc1)C(C)C. The molecule has 5 heteroatoms. The number of nitrogens with one attached hydrogen (secondary N) is 2. The van der Waals surface area contributed by atoms with Crippen LogP contribution in [0.2, 0.25) is 0 Å². The van der Waals surface area contributed by atoms with E-state index in [0.29, 0.717) is 31.1 Å². The predicted octanol–water partition coefficient (Wildman–Crippen LogP) is 3.01. The number of hydrogen-bond donors (Lipinski definition) is 2. The minimum atomic E-state index is -0.133. The van der Waals surface area contributed by atoms with Gasteiger partial charge in [0.05, 0.1) is 6.42 Å². The van der Waals surface area contributed by atoms with Crippen molar-refractivity contribution < 1.29 is 9.59 Å². The van der Waals surface area contributed by atoms with Crippen molar-refractivity contribution in [3.05, 3.63) is 65.7 Å². The van der Waals surface area contributed by atoms with Crippen LogP contribution in [0.15, 0.2) is 54.6 Å². The largest absolute Gasteiger partial charge is 0.369 e. The Balaban J connectivity index is 1.74. The summed E-state index contributed by atoms with van der Waals surface area (Å²) in [5.41, 5.74) is 2.70. The van der Waals surface area contributed by atoms with Gasteiger partial charge in [-0.25, -0.2) is 0 Å². The average molecular weight is 367 g/mol. The molecule has 2 N–H and O–H groups in total. The number of benzene rings is 2.